The maximum atomic E-state index is 3.83. The van der Waals surface area contributed by atoms with Crippen LogP contribution in [0.4, 0.5) is 0 Å². The summed E-state index contributed by atoms with van der Waals surface area (Å²) in [4.78, 5) is 2.29. The Bertz CT molecular complexity index is 223. The van der Waals surface area contributed by atoms with Crippen molar-refractivity contribution in [1.29, 1.82) is 0 Å². The van der Waals surface area contributed by atoms with Crippen LogP contribution in [0.25, 0.3) is 0 Å². The van der Waals surface area contributed by atoms with Gasteiger partial charge < -0.3 is 10.2 Å². The van der Waals surface area contributed by atoms with E-state index >= 15 is 0 Å². The molecule has 1 aliphatic carbocycles. The first kappa shape index (κ1) is 16.0. The van der Waals surface area contributed by atoms with Crippen LogP contribution in [0.2, 0.25) is 0 Å². The minimum Gasteiger partial charge on any atom is -0.313 e. The van der Waals surface area contributed by atoms with E-state index in [1.54, 1.807) is 0 Å². The van der Waals surface area contributed by atoms with Crippen LogP contribution in [0.1, 0.15) is 59.3 Å². The molecule has 0 radical (unpaired) electrons. The number of hydrogen-bond donors (Lipinski definition) is 1. The Labute approximate surface area is 115 Å². The predicted molar refractivity (Wildman–Crippen MR) is 81.0 cm³/mol. The van der Waals surface area contributed by atoms with Crippen LogP contribution in [0.5, 0.6) is 0 Å². The summed E-state index contributed by atoms with van der Waals surface area (Å²) in [5.41, 5.74) is 0.375. The molecule has 0 bridgehead atoms. The van der Waals surface area contributed by atoms with E-state index in [0.29, 0.717) is 5.41 Å². The fraction of sp³-hybridized carbons (Fsp3) is 1.00. The first-order chi connectivity index (χ1) is 8.43. The highest BCUT2D eigenvalue weighted by molar-refractivity contribution is 4.80. The first-order valence-corrected chi connectivity index (χ1v) is 7.81. The van der Waals surface area contributed by atoms with E-state index in [1.165, 1.54) is 38.5 Å². The van der Waals surface area contributed by atoms with Gasteiger partial charge in [-0.25, -0.2) is 0 Å². The SMILES string of the molecule is CCC1CCCC(NCC(C)(C)CN(C)C)CC1. The van der Waals surface area contributed by atoms with Crippen LogP contribution >= 0.6 is 0 Å². The second-order valence-electron chi connectivity index (χ2n) is 7.26. The average Bonchev–Trinajstić information content (AvgIpc) is 2.49. The van der Waals surface area contributed by atoms with Gasteiger partial charge in [-0.3, -0.25) is 0 Å². The fourth-order valence-corrected chi connectivity index (χ4v) is 3.32. The van der Waals surface area contributed by atoms with Crippen LogP contribution < -0.4 is 5.32 Å². The van der Waals surface area contributed by atoms with Gasteiger partial charge in [-0.1, -0.05) is 40.0 Å². The van der Waals surface area contributed by atoms with Gasteiger partial charge in [0.05, 0.1) is 0 Å². The summed E-state index contributed by atoms with van der Waals surface area (Å²) in [6, 6.07) is 0.767. The van der Waals surface area contributed by atoms with Crippen molar-refractivity contribution in [3.63, 3.8) is 0 Å². The molecule has 18 heavy (non-hydrogen) atoms. The van der Waals surface area contributed by atoms with Gasteiger partial charge in [0.1, 0.15) is 0 Å². The molecule has 108 valence electrons. The molecule has 0 saturated heterocycles. The fourth-order valence-electron chi connectivity index (χ4n) is 3.32. The Morgan fingerprint density at radius 2 is 1.83 bits per heavy atom. The lowest BCUT2D eigenvalue weighted by Crippen LogP contribution is -2.41. The second kappa shape index (κ2) is 7.49. The third-order valence-corrected chi connectivity index (χ3v) is 4.28. The molecule has 1 rings (SSSR count). The molecule has 2 heteroatoms. The van der Waals surface area contributed by atoms with Crippen LogP contribution in [-0.2, 0) is 0 Å². The van der Waals surface area contributed by atoms with Gasteiger partial charge >= 0.3 is 0 Å². The van der Waals surface area contributed by atoms with Crippen LogP contribution in [0.15, 0.2) is 0 Å². The van der Waals surface area contributed by atoms with Gasteiger partial charge in [0.25, 0.3) is 0 Å². The summed E-state index contributed by atoms with van der Waals surface area (Å²) in [6.45, 7) is 9.38. The van der Waals surface area contributed by atoms with Crippen molar-refractivity contribution in [2.75, 3.05) is 27.2 Å². The minimum absolute atomic E-state index is 0.375. The van der Waals surface area contributed by atoms with Crippen LogP contribution in [-0.4, -0.2) is 38.1 Å². The van der Waals surface area contributed by atoms with Crippen molar-refractivity contribution in [3.05, 3.63) is 0 Å². The molecule has 2 atom stereocenters. The van der Waals surface area contributed by atoms with Gasteiger partial charge in [0.15, 0.2) is 0 Å². The van der Waals surface area contributed by atoms with E-state index < -0.39 is 0 Å². The van der Waals surface area contributed by atoms with E-state index in [4.69, 9.17) is 0 Å². The Morgan fingerprint density at radius 3 is 2.44 bits per heavy atom. The Morgan fingerprint density at radius 1 is 1.11 bits per heavy atom. The van der Waals surface area contributed by atoms with Gasteiger partial charge in [0.2, 0.25) is 0 Å². The molecule has 1 fully saturated rings. The smallest absolute Gasteiger partial charge is 0.00674 e. The van der Waals surface area contributed by atoms with Gasteiger partial charge in [-0.15, -0.1) is 0 Å². The molecule has 0 spiro atoms. The molecule has 1 N–H and O–H groups in total. The minimum atomic E-state index is 0.375. The van der Waals surface area contributed by atoms with Crippen molar-refractivity contribution in [1.82, 2.24) is 10.2 Å². The van der Waals surface area contributed by atoms with Crippen LogP contribution in [0.3, 0.4) is 0 Å². The first-order valence-electron chi connectivity index (χ1n) is 7.81. The molecule has 0 aromatic rings. The Kier molecular flexibility index (Phi) is 6.65. The third-order valence-electron chi connectivity index (χ3n) is 4.28. The summed E-state index contributed by atoms with van der Waals surface area (Å²) in [5.74, 6) is 0.992. The van der Waals surface area contributed by atoms with Crippen LogP contribution in [0, 0.1) is 11.3 Å². The molecule has 0 aliphatic heterocycles. The Hall–Kier alpha value is -0.0800. The lowest BCUT2D eigenvalue weighted by molar-refractivity contribution is 0.222. The number of nitrogens with zero attached hydrogens (tertiary/aromatic N) is 1. The molecule has 0 aromatic heterocycles. The summed E-state index contributed by atoms with van der Waals surface area (Å²) in [7, 11) is 4.33. The number of hydrogen-bond acceptors (Lipinski definition) is 2. The largest absolute Gasteiger partial charge is 0.313 e. The highest BCUT2D eigenvalue weighted by atomic mass is 15.1. The van der Waals surface area contributed by atoms with Crippen molar-refractivity contribution < 1.29 is 0 Å². The lowest BCUT2D eigenvalue weighted by atomic mass is 9.92. The standard InChI is InChI=1S/C16H34N2/c1-6-14-8-7-9-15(11-10-14)17-12-16(2,3)13-18(4)5/h14-15,17H,6-13H2,1-5H3. The zero-order valence-electron chi connectivity index (χ0n) is 13.3. The summed E-state index contributed by atoms with van der Waals surface area (Å²) in [5, 5.41) is 3.83. The lowest BCUT2D eigenvalue weighted by Gasteiger charge is -2.30. The van der Waals surface area contributed by atoms with Gasteiger partial charge in [-0.05, 0) is 44.7 Å². The zero-order chi connectivity index (χ0) is 13.6. The quantitative estimate of drug-likeness (QED) is 0.730. The van der Waals surface area contributed by atoms with Crippen molar-refractivity contribution in [3.8, 4) is 0 Å². The Balaban J connectivity index is 2.30. The molecule has 1 aliphatic rings. The number of rotatable bonds is 6. The topological polar surface area (TPSA) is 15.3 Å². The van der Waals surface area contributed by atoms with Gasteiger partial charge in [-0.2, -0.15) is 0 Å². The summed E-state index contributed by atoms with van der Waals surface area (Å²) < 4.78 is 0. The molecule has 0 aromatic carbocycles. The second-order valence-corrected chi connectivity index (χ2v) is 7.26. The maximum Gasteiger partial charge on any atom is 0.00674 e. The molecule has 2 unspecified atom stereocenters. The molecule has 0 heterocycles. The predicted octanol–water partition coefficient (Wildman–Crippen LogP) is 3.52. The average molecular weight is 254 g/mol. The molecular formula is C16H34N2. The van der Waals surface area contributed by atoms with Crippen molar-refractivity contribution >= 4 is 0 Å². The maximum absolute atomic E-state index is 3.83. The highest BCUT2D eigenvalue weighted by Crippen LogP contribution is 2.26. The van der Waals surface area contributed by atoms with E-state index in [9.17, 15) is 0 Å². The van der Waals surface area contributed by atoms with E-state index in [0.717, 1.165) is 25.0 Å². The van der Waals surface area contributed by atoms with Crippen molar-refractivity contribution in [2.45, 2.75) is 65.3 Å². The summed E-state index contributed by atoms with van der Waals surface area (Å²) >= 11 is 0. The normalized spacial score (nSPS) is 26.3. The third kappa shape index (κ3) is 6.19. The molecule has 2 nitrogen and oxygen atoms in total. The van der Waals surface area contributed by atoms with Gasteiger partial charge in [0, 0.05) is 19.1 Å². The molecular weight excluding hydrogens is 220 g/mol. The van der Waals surface area contributed by atoms with Crippen molar-refractivity contribution in [2.24, 2.45) is 11.3 Å². The molecule has 0 amide bonds. The van der Waals surface area contributed by atoms with E-state index in [-0.39, 0.29) is 0 Å². The van der Waals surface area contributed by atoms with E-state index in [2.05, 4.69) is 45.1 Å². The molecule has 1 saturated carbocycles. The number of nitrogens with one attached hydrogen (secondary N) is 1. The monoisotopic (exact) mass is 254 g/mol. The summed E-state index contributed by atoms with van der Waals surface area (Å²) in [6.07, 6.45) is 8.45. The highest BCUT2D eigenvalue weighted by Gasteiger charge is 2.22. The van der Waals surface area contributed by atoms with E-state index in [1.807, 2.05) is 0 Å². The zero-order valence-corrected chi connectivity index (χ0v) is 13.3.